The van der Waals surface area contributed by atoms with Crippen molar-refractivity contribution in [1.82, 2.24) is 0 Å². The fourth-order valence-corrected chi connectivity index (χ4v) is 1.53. The van der Waals surface area contributed by atoms with Gasteiger partial charge in [0.05, 0.1) is 0 Å². The normalized spacial score (nSPS) is 20.1. The summed E-state index contributed by atoms with van der Waals surface area (Å²) < 4.78 is 0. The van der Waals surface area contributed by atoms with Gasteiger partial charge in [0.1, 0.15) is 6.04 Å². The maximum atomic E-state index is 10.8. The van der Waals surface area contributed by atoms with E-state index in [9.17, 15) is 4.79 Å². The van der Waals surface area contributed by atoms with Gasteiger partial charge in [-0.25, -0.2) is 0 Å². The standard InChI is InChI=1S/C10H12N2O/c1-7-4-2-3-5-8(7)12-6-9(12)10(11)13/h2-5,9H,6H2,1H3,(H2,11,13). The predicted molar refractivity (Wildman–Crippen MR) is 51.5 cm³/mol. The number of anilines is 1. The van der Waals surface area contributed by atoms with Crippen LogP contribution in [-0.4, -0.2) is 18.5 Å². The first-order valence-corrected chi connectivity index (χ1v) is 4.32. The molecule has 1 fully saturated rings. The van der Waals surface area contributed by atoms with Crippen LogP contribution in [0, 0.1) is 6.92 Å². The Morgan fingerprint density at radius 1 is 1.54 bits per heavy atom. The van der Waals surface area contributed by atoms with Crippen molar-refractivity contribution in [1.29, 1.82) is 0 Å². The molecule has 2 rings (SSSR count). The maximum absolute atomic E-state index is 10.8. The molecule has 0 aliphatic carbocycles. The average Bonchev–Trinajstić information content (AvgIpc) is 2.84. The second-order valence-corrected chi connectivity index (χ2v) is 3.36. The molecule has 0 spiro atoms. The van der Waals surface area contributed by atoms with Gasteiger partial charge in [0.2, 0.25) is 5.91 Å². The molecule has 2 N–H and O–H groups in total. The lowest BCUT2D eigenvalue weighted by Gasteiger charge is -2.06. The van der Waals surface area contributed by atoms with Gasteiger partial charge in [0.15, 0.2) is 0 Å². The monoisotopic (exact) mass is 176 g/mol. The van der Waals surface area contributed by atoms with Crippen molar-refractivity contribution in [3.05, 3.63) is 29.8 Å². The fourth-order valence-electron chi connectivity index (χ4n) is 1.53. The van der Waals surface area contributed by atoms with Crippen molar-refractivity contribution in [2.45, 2.75) is 13.0 Å². The molecule has 1 unspecified atom stereocenters. The Labute approximate surface area is 77.1 Å². The molecule has 1 saturated heterocycles. The number of carbonyl (C=O) groups is 1. The molecule has 3 heteroatoms. The Morgan fingerprint density at radius 2 is 2.23 bits per heavy atom. The number of benzene rings is 1. The summed E-state index contributed by atoms with van der Waals surface area (Å²) in [5.74, 6) is -0.233. The van der Waals surface area contributed by atoms with Crippen LogP contribution in [0.15, 0.2) is 24.3 Å². The summed E-state index contributed by atoms with van der Waals surface area (Å²) in [6, 6.07) is 7.92. The summed E-state index contributed by atoms with van der Waals surface area (Å²) >= 11 is 0. The molecule has 1 atom stereocenters. The zero-order chi connectivity index (χ0) is 9.42. The molecule has 1 amide bonds. The third-order valence-corrected chi connectivity index (χ3v) is 2.37. The number of carbonyl (C=O) groups excluding carboxylic acids is 1. The van der Waals surface area contributed by atoms with Crippen molar-refractivity contribution in [3.63, 3.8) is 0 Å². The molecular weight excluding hydrogens is 164 g/mol. The Hall–Kier alpha value is -1.51. The van der Waals surface area contributed by atoms with E-state index in [2.05, 4.69) is 0 Å². The Kier molecular flexibility index (Phi) is 1.72. The van der Waals surface area contributed by atoms with Gasteiger partial charge in [-0.2, -0.15) is 0 Å². The van der Waals surface area contributed by atoms with Crippen LogP contribution in [0.5, 0.6) is 0 Å². The van der Waals surface area contributed by atoms with Gasteiger partial charge >= 0.3 is 0 Å². The number of amides is 1. The van der Waals surface area contributed by atoms with Gasteiger partial charge in [-0.3, -0.25) is 4.79 Å². The second-order valence-electron chi connectivity index (χ2n) is 3.36. The number of rotatable bonds is 2. The predicted octanol–water partition coefficient (Wildman–Crippen LogP) is 0.669. The second kappa shape index (κ2) is 2.76. The third kappa shape index (κ3) is 1.37. The van der Waals surface area contributed by atoms with Crippen molar-refractivity contribution in [2.24, 2.45) is 5.73 Å². The first-order chi connectivity index (χ1) is 6.20. The van der Waals surface area contributed by atoms with Crippen molar-refractivity contribution >= 4 is 11.6 Å². The summed E-state index contributed by atoms with van der Waals surface area (Å²) in [5, 5.41) is 0. The van der Waals surface area contributed by atoms with E-state index in [0.717, 1.165) is 12.2 Å². The SMILES string of the molecule is Cc1ccccc1N1CC1C(N)=O. The first-order valence-electron chi connectivity index (χ1n) is 4.32. The topological polar surface area (TPSA) is 46.1 Å². The minimum atomic E-state index is -0.233. The minimum absolute atomic E-state index is 0.0823. The number of aryl methyl sites for hydroxylation is 1. The third-order valence-electron chi connectivity index (χ3n) is 2.37. The quantitative estimate of drug-likeness (QED) is 0.673. The number of nitrogens with zero attached hydrogens (tertiary/aromatic N) is 1. The average molecular weight is 176 g/mol. The largest absolute Gasteiger partial charge is 0.368 e. The van der Waals surface area contributed by atoms with E-state index in [4.69, 9.17) is 5.73 Å². The van der Waals surface area contributed by atoms with Gasteiger partial charge in [-0.05, 0) is 18.6 Å². The van der Waals surface area contributed by atoms with Crippen LogP contribution >= 0.6 is 0 Å². The first kappa shape index (κ1) is 8.10. The summed E-state index contributed by atoms with van der Waals surface area (Å²) in [6.45, 7) is 2.80. The Balaban J connectivity index is 2.21. The van der Waals surface area contributed by atoms with Crippen LogP contribution in [0.1, 0.15) is 5.56 Å². The molecule has 1 heterocycles. The zero-order valence-electron chi connectivity index (χ0n) is 7.53. The van der Waals surface area contributed by atoms with Crippen LogP contribution in [0.4, 0.5) is 5.69 Å². The van der Waals surface area contributed by atoms with Crippen molar-refractivity contribution < 1.29 is 4.79 Å². The molecule has 0 saturated carbocycles. The molecule has 0 aromatic heterocycles. The molecule has 13 heavy (non-hydrogen) atoms. The number of hydrogen-bond acceptors (Lipinski definition) is 2. The summed E-state index contributed by atoms with van der Waals surface area (Å²) in [6.07, 6.45) is 0. The van der Waals surface area contributed by atoms with Crippen LogP contribution in [0.2, 0.25) is 0 Å². The fraction of sp³-hybridized carbons (Fsp3) is 0.300. The molecule has 1 aliphatic heterocycles. The lowest BCUT2D eigenvalue weighted by molar-refractivity contribution is -0.117. The maximum Gasteiger partial charge on any atom is 0.241 e. The minimum Gasteiger partial charge on any atom is -0.368 e. The van der Waals surface area contributed by atoms with E-state index < -0.39 is 0 Å². The van der Waals surface area contributed by atoms with E-state index in [0.29, 0.717) is 0 Å². The molecule has 3 nitrogen and oxygen atoms in total. The van der Waals surface area contributed by atoms with Crippen molar-refractivity contribution in [2.75, 3.05) is 11.4 Å². The van der Waals surface area contributed by atoms with Crippen molar-refractivity contribution in [3.8, 4) is 0 Å². The number of para-hydroxylation sites is 1. The Morgan fingerprint density at radius 3 is 2.77 bits per heavy atom. The molecule has 0 bridgehead atoms. The highest BCUT2D eigenvalue weighted by atomic mass is 16.1. The Bertz CT molecular complexity index is 349. The van der Waals surface area contributed by atoms with Gasteiger partial charge in [0, 0.05) is 12.2 Å². The molecule has 1 aliphatic rings. The molecule has 68 valence electrons. The summed E-state index contributed by atoms with van der Waals surface area (Å²) in [5.41, 5.74) is 7.50. The van der Waals surface area contributed by atoms with E-state index in [1.165, 1.54) is 5.56 Å². The van der Waals surface area contributed by atoms with Gasteiger partial charge in [0.25, 0.3) is 0 Å². The van der Waals surface area contributed by atoms with E-state index in [1.54, 1.807) is 0 Å². The summed E-state index contributed by atoms with van der Waals surface area (Å²) in [7, 11) is 0. The molecular formula is C10H12N2O. The van der Waals surface area contributed by atoms with Crippen LogP contribution in [0.3, 0.4) is 0 Å². The molecule has 0 radical (unpaired) electrons. The van der Waals surface area contributed by atoms with E-state index in [1.807, 2.05) is 36.1 Å². The smallest absolute Gasteiger partial charge is 0.241 e. The number of primary amides is 1. The highest BCUT2D eigenvalue weighted by molar-refractivity contribution is 5.89. The summed E-state index contributed by atoms with van der Waals surface area (Å²) in [4.78, 5) is 12.8. The number of hydrogen-bond donors (Lipinski definition) is 1. The van der Waals surface area contributed by atoms with Gasteiger partial charge in [-0.1, -0.05) is 18.2 Å². The molecule has 1 aromatic rings. The highest BCUT2D eigenvalue weighted by Crippen LogP contribution is 2.29. The lowest BCUT2D eigenvalue weighted by atomic mass is 10.2. The van der Waals surface area contributed by atoms with Gasteiger partial charge < -0.3 is 10.6 Å². The van der Waals surface area contributed by atoms with E-state index >= 15 is 0 Å². The van der Waals surface area contributed by atoms with Crippen LogP contribution in [-0.2, 0) is 4.79 Å². The van der Waals surface area contributed by atoms with Crippen LogP contribution < -0.4 is 10.6 Å². The van der Waals surface area contributed by atoms with Crippen LogP contribution in [0.25, 0.3) is 0 Å². The molecule has 1 aromatic carbocycles. The number of nitrogens with two attached hydrogens (primary N) is 1. The van der Waals surface area contributed by atoms with E-state index in [-0.39, 0.29) is 11.9 Å². The zero-order valence-corrected chi connectivity index (χ0v) is 7.53. The van der Waals surface area contributed by atoms with Gasteiger partial charge in [-0.15, -0.1) is 0 Å². The lowest BCUT2D eigenvalue weighted by Crippen LogP contribution is -2.21. The highest BCUT2D eigenvalue weighted by Gasteiger charge is 2.39.